The van der Waals surface area contributed by atoms with Crippen LogP contribution in [0.2, 0.25) is 5.02 Å². The van der Waals surface area contributed by atoms with Gasteiger partial charge in [-0.25, -0.2) is 4.39 Å². The highest BCUT2D eigenvalue weighted by Gasteiger charge is 2.18. The molecule has 7 heteroatoms. The molecule has 0 aliphatic heterocycles. The molecule has 2 rings (SSSR count). The van der Waals surface area contributed by atoms with Gasteiger partial charge in [0.15, 0.2) is 0 Å². The minimum Gasteiger partial charge on any atom is -0.258 e. The van der Waals surface area contributed by atoms with E-state index in [0.717, 1.165) is 0 Å². The van der Waals surface area contributed by atoms with Gasteiger partial charge in [0.25, 0.3) is 5.69 Å². The molecule has 2 aromatic carbocycles. The van der Waals surface area contributed by atoms with Gasteiger partial charge in [-0.05, 0) is 24.3 Å². The summed E-state index contributed by atoms with van der Waals surface area (Å²) in [5.74, 6) is -0.739. The summed E-state index contributed by atoms with van der Waals surface area (Å²) in [5.41, 5.74) is 0.0307. The standard InChI is InChI=1S/C13H9ClFNO3S/c14-10-6-5-9(12(7-10)16(17)18)8-20(19)13-4-2-1-3-11(13)15/h1-7H,8H2. The third-order valence-electron chi connectivity index (χ3n) is 2.61. The second-order valence-corrected chi connectivity index (χ2v) is 5.81. The minimum absolute atomic E-state index is 0.0248. The molecule has 0 fully saturated rings. The van der Waals surface area contributed by atoms with E-state index in [-0.39, 0.29) is 26.9 Å². The molecule has 20 heavy (non-hydrogen) atoms. The predicted molar refractivity (Wildman–Crippen MR) is 74.6 cm³/mol. The molecular formula is C13H9ClFNO3S. The summed E-state index contributed by atoms with van der Waals surface area (Å²) in [7, 11) is -1.70. The van der Waals surface area contributed by atoms with Crippen molar-refractivity contribution in [1.29, 1.82) is 0 Å². The van der Waals surface area contributed by atoms with E-state index in [9.17, 15) is 18.7 Å². The molecule has 1 unspecified atom stereocenters. The smallest absolute Gasteiger partial charge is 0.258 e. The maximum Gasteiger partial charge on any atom is 0.275 e. The van der Waals surface area contributed by atoms with E-state index < -0.39 is 21.5 Å². The third kappa shape index (κ3) is 3.20. The zero-order chi connectivity index (χ0) is 14.7. The van der Waals surface area contributed by atoms with Crippen LogP contribution >= 0.6 is 11.6 Å². The Morgan fingerprint density at radius 2 is 1.95 bits per heavy atom. The Bertz CT molecular complexity index is 693. The van der Waals surface area contributed by atoms with E-state index in [1.165, 1.54) is 36.4 Å². The van der Waals surface area contributed by atoms with Crippen LogP contribution in [0.1, 0.15) is 5.56 Å². The van der Waals surface area contributed by atoms with E-state index in [0.29, 0.717) is 0 Å². The molecule has 0 amide bonds. The largest absolute Gasteiger partial charge is 0.275 e. The van der Waals surface area contributed by atoms with Crippen molar-refractivity contribution in [2.45, 2.75) is 10.6 Å². The molecule has 0 N–H and O–H groups in total. The van der Waals surface area contributed by atoms with Gasteiger partial charge in [0, 0.05) is 16.7 Å². The molecule has 4 nitrogen and oxygen atoms in total. The molecular weight excluding hydrogens is 305 g/mol. The zero-order valence-corrected chi connectivity index (χ0v) is 11.7. The first kappa shape index (κ1) is 14.6. The highest BCUT2D eigenvalue weighted by atomic mass is 35.5. The van der Waals surface area contributed by atoms with Crippen molar-refractivity contribution in [1.82, 2.24) is 0 Å². The Labute approximate surface area is 121 Å². The molecule has 0 bridgehead atoms. The number of benzene rings is 2. The van der Waals surface area contributed by atoms with Crippen molar-refractivity contribution in [3.63, 3.8) is 0 Å². The fourth-order valence-electron chi connectivity index (χ4n) is 1.68. The fraction of sp³-hybridized carbons (Fsp3) is 0.0769. The van der Waals surface area contributed by atoms with Crippen molar-refractivity contribution < 1.29 is 13.5 Å². The summed E-state index contributed by atoms with van der Waals surface area (Å²) in [4.78, 5) is 10.4. The van der Waals surface area contributed by atoms with Crippen molar-refractivity contribution in [3.8, 4) is 0 Å². The monoisotopic (exact) mass is 313 g/mol. The maximum absolute atomic E-state index is 13.5. The van der Waals surface area contributed by atoms with Crippen LogP contribution < -0.4 is 0 Å². The van der Waals surface area contributed by atoms with Crippen molar-refractivity contribution >= 4 is 28.1 Å². The van der Waals surface area contributed by atoms with Crippen LogP contribution in [0, 0.1) is 15.9 Å². The number of nitrogens with zero attached hydrogens (tertiary/aromatic N) is 1. The Balaban J connectivity index is 2.33. The molecule has 0 heterocycles. The van der Waals surface area contributed by atoms with Gasteiger partial charge in [0.2, 0.25) is 0 Å². The maximum atomic E-state index is 13.5. The first-order chi connectivity index (χ1) is 9.49. The van der Waals surface area contributed by atoms with Gasteiger partial charge in [-0.15, -0.1) is 0 Å². The van der Waals surface area contributed by atoms with Gasteiger partial charge in [-0.2, -0.15) is 0 Å². The van der Waals surface area contributed by atoms with Gasteiger partial charge in [0.1, 0.15) is 5.82 Å². The Morgan fingerprint density at radius 3 is 2.60 bits per heavy atom. The molecule has 0 saturated carbocycles. The first-order valence-corrected chi connectivity index (χ1v) is 7.24. The Morgan fingerprint density at radius 1 is 1.25 bits per heavy atom. The lowest BCUT2D eigenvalue weighted by Crippen LogP contribution is -2.02. The summed E-state index contributed by atoms with van der Waals surface area (Å²) < 4.78 is 25.6. The molecule has 0 saturated heterocycles. The van der Waals surface area contributed by atoms with E-state index in [1.54, 1.807) is 6.07 Å². The van der Waals surface area contributed by atoms with Crippen LogP contribution in [-0.2, 0) is 16.6 Å². The molecule has 0 radical (unpaired) electrons. The highest BCUT2D eigenvalue weighted by molar-refractivity contribution is 7.84. The second kappa shape index (κ2) is 6.11. The van der Waals surface area contributed by atoms with Crippen LogP contribution in [0.5, 0.6) is 0 Å². The number of hydrogen-bond acceptors (Lipinski definition) is 3. The first-order valence-electron chi connectivity index (χ1n) is 5.55. The van der Waals surface area contributed by atoms with Crippen LogP contribution in [0.4, 0.5) is 10.1 Å². The average Bonchev–Trinajstić information content (AvgIpc) is 2.41. The van der Waals surface area contributed by atoms with Gasteiger partial charge in [0.05, 0.1) is 26.4 Å². The van der Waals surface area contributed by atoms with Crippen LogP contribution in [0.25, 0.3) is 0 Å². The van der Waals surface area contributed by atoms with Gasteiger partial charge in [-0.1, -0.05) is 23.7 Å². The summed E-state index contributed by atoms with van der Waals surface area (Å²) >= 11 is 5.70. The topological polar surface area (TPSA) is 60.2 Å². The van der Waals surface area contributed by atoms with Crippen LogP contribution in [0.15, 0.2) is 47.4 Å². The molecule has 104 valence electrons. The lowest BCUT2D eigenvalue weighted by Gasteiger charge is -2.05. The van der Waals surface area contributed by atoms with Gasteiger partial charge < -0.3 is 0 Å². The van der Waals surface area contributed by atoms with Gasteiger partial charge in [-0.3, -0.25) is 14.3 Å². The minimum atomic E-state index is -1.70. The molecule has 0 spiro atoms. The van der Waals surface area contributed by atoms with E-state index >= 15 is 0 Å². The van der Waals surface area contributed by atoms with E-state index in [2.05, 4.69) is 0 Å². The van der Waals surface area contributed by atoms with Crippen molar-refractivity contribution in [2.24, 2.45) is 0 Å². The van der Waals surface area contributed by atoms with Gasteiger partial charge >= 0.3 is 0 Å². The molecule has 0 aliphatic rings. The normalized spacial score (nSPS) is 12.1. The summed E-state index contributed by atoms with van der Waals surface area (Å²) in [5, 5.41) is 11.2. The number of rotatable bonds is 4. The highest BCUT2D eigenvalue weighted by Crippen LogP contribution is 2.26. The van der Waals surface area contributed by atoms with E-state index in [4.69, 9.17) is 11.6 Å². The predicted octanol–water partition coefficient (Wildman–Crippen LogP) is 3.70. The summed E-state index contributed by atoms with van der Waals surface area (Å²) in [6.45, 7) is 0. The lowest BCUT2D eigenvalue weighted by molar-refractivity contribution is -0.385. The fourth-order valence-corrected chi connectivity index (χ4v) is 3.04. The Hall–Kier alpha value is -1.79. The van der Waals surface area contributed by atoms with Crippen molar-refractivity contribution in [3.05, 3.63) is 69.0 Å². The third-order valence-corrected chi connectivity index (χ3v) is 4.24. The second-order valence-electron chi connectivity index (χ2n) is 3.95. The lowest BCUT2D eigenvalue weighted by atomic mass is 10.2. The van der Waals surface area contributed by atoms with Crippen molar-refractivity contribution in [2.75, 3.05) is 0 Å². The molecule has 0 aliphatic carbocycles. The number of nitro groups is 1. The number of halogens is 2. The molecule has 1 atom stereocenters. The van der Waals surface area contributed by atoms with Crippen LogP contribution in [-0.4, -0.2) is 9.13 Å². The number of nitro benzene ring substituents is 1. The van der Waals surface area contributed by atoms with E-state index in [1.807, 2.05) is 0 Å². The average molecular weight is 314 g/mol. The Kier molecular flexibility index (Phi) is 4.46. The zero-order valence-electron chi connectivity index (χ0n) is 10.1. The summed E-state index contributed by atoms with van der Waals surface area (Å²) in [6, 6.07) is 9.74. The van der Waals surface area contributed by atoms with Crippen LogP contribution in [0.3, 0.4) is 0 Å². The SMILES string of the molecule is O=[N+]([O-])c1cc(Cl)ccc1CS(=O)c1ccccc1F. The molecule has 0 aromatic heterocycles. The summed E-state index contributed by atoms with van der Waals surface area (Å²) in [6.07, 6.45) is 0. The number of hydrogen-bond donors (Lipinski definition) is 0. The quantitative estimate of drug-likeness (QED) is 0.639. The molecule has 2 aromatic rings.